The van der Waals surface area contributed by atoms with E-state index in [2.05, 4.69) is 4.98 Å². The number of rotatable bonds is 5. The number of phenols is 1. The number of aromatic nitrogens is 1. The van der Waals surface area contributed by atoms with Gasteiger partial charge < -0.3 is 14.7 Å². The van der Waals surface area contributed by atoms with Crippen molar-refractivity contribution in [2.75, 3.05) is 13.7 Å². The average molecular weight is 381 g/mol. The molecular weight excluding hydrogens is 354 g/mol. The van der Waals surface area contributed by atoms with Crippen molar-refractivity contribution in [2.24, 2.45) is 0 Å². The molecule has 3 rings (SSSR count). The summed E-state index contributed by atoms with van der Waals surface area (Å²) in [6, 6.07) is 7.17. The first kappa shape index (κ1) is 19.9. The van der Waals surface area contributed by atoms with Crippen LogP contribution in [0.4, 0.5) is 0 Å². The number of aromatic hydroxyl groups is 1. The molecule has 0 spiro atoms. The van der Waals surface area contributed by atoms with Crippen molar-refractivity contribution in [2.45, 2.75) is 46.1 Å². The first-order chi connectivity index (χ1) is 13.2. The maximum atomic E-state index is 12.9. The first-order valence-electron chi connectivity index (χ1n) is 9.43. The van der Waals surface area contributed by atoms with Crippen molar-refractivity contribution in [3.8, 4) is 11.5 Å². The second-order valence-corrected chi connectivity index (χ2v) is 8.12. The highest BCUT2D eigenvalue weighted by molar-refractivity contribution is 6.04. The lowest BCUT2D eigenvalue weighted by Crippen LogP contribution is -2.30. The number of benzene rings is 1. The van der Waals surface area contributed by atoms with Crippen LogP contribution in [0.25, 0.3) is 0 Å². The number of hydrogen-bond donors (Lipinski definition) is 2. The van der Waals surface area contributed by atoms with E-state index in [0.717, 1.165) is 23.2 Å². The van der Waals surface area contributed by atoms with E-state index in [0.29, 0.717) is 23.6 Å². The number of methoxy groups -OCH3 is 1. The van der Waals surface area contributed by atoms with E-state index >= 15 is 0 Å². The molecule has 0 bridgehead atoms. The molecular formula is C22H27N3O3. The van der Waals surface area contributed by atoms with Crippen LogP contribution < -0.4 is 4.74 Å². The van der Waals surface area contributed by atoms with Crippen LogP contribution in [0.3, 0.4) is 0 Å². The van der Waals surface area contributed by atoms with Gasteiger partial charge in [0.15, 0.2) is 17.3 Å². The number of amidine groups is 1. The van der Waals surface area contributed by atoms with Crippen molar-refractivity contribution in [3.05, 3.63) is 52.3 Å². The van der Waals surface area contributed by atoms with Gasteiger partial charge in [-0.2, -0.15) is 0 Å². The second kappa shape index (κ2) is 7.26. The van der Waals surface area contributed by atoms with E-state index in [9.17, 15) is 9.90 Å². The summed E-state index contributed by atoms with van der Waals surface area (Å²) in [4.78, 5) is 19.2. The van der Waals surface area contributed by atoms with Crippen LogP contribution in [-0.2, 0) is 18.4 Å². The highest BCUT2D eigenvalue weighted by Crippen LogP contribution is 2.39. The monoisotopic (exact) mass is 381 g/mol. The molecule has 1 aromatic carbocycles. The molecule has 0 saturated carbocycles. The SMILES string of the molecule is CCc1ccc2c(n1)C(=N)N(CC(=O)c1cc(O)c(OC)c(C(C)(C)C)c1)C2. The standard InChI is InChI=1S/C22H27N3O3/c1-6-15-8-7-13-11-25(21(23)19(13)24-15)12-18(27)14-9-16(22(2,3)4)20(28-5)17(26)10-14/h7-10,23,26H,6,11-12H2,1-5H3. The molecule has 1 aliphatic heterocycles. The second-order valence-electron chi connectivity index (χ2n) is 8.12. The maximum Gasteiger partial charge on any atom is 0.182 e. The van der Waals surface area contributed by atoms with Crippen LogP contribution in [-0.4, -0.2) is 40.3 Å². The summed E-state index contributed by atoms with van der Waals surface area (Å²) in [5, 5.41) is 18.8. The van der Waals surface area contributed by atoms with E-state index < -0.39 is 0 Å². The number of carbonyl (C=O) groups excluding carboxylic acids is 1. The van der Waals surface area contributed by atoms with Gasteiger partial charge in [0.2, 0.25) is 0 Å². The third-order valence-electron chi connectivity index (χ3n) is 5.04. The zero-order chi connectivity index (χ0) is 20.6. The minimum Gasteiger partial charge on any atom is -0.504 e. The lowest BCUT2D eigenvalue weighted by Gasteiger charge is -2.24. The maximum absolute atomic E-state index is 12.9. The Kier molecular flexibility index (Phi) is 5.15. The molecule has 0 aliphatic carbocycles. The van der Waals surface area contributed by atoms with Gasteiger partial charge in [-0.25, -0.2) is 4.98 Å². The number of aryl methyl sites for hydroxylation is 1. The zero-order valence-electron chi connectivity index (χ0n) is 17.1. The molecule has 0 amide bonds. The fraction of sp³-hybridized carbons (Fsp3) is 0.409. The Morgan fingerprint density at radius 1 is 1.32 bits per heavy atom. The lowest BCUT2D eigenvalue weighted by molar-refractivity contribution is 0.0962. The predicted molar refractivity (Wildman–Crippen MR) is 109 cm³/mol. The summed E-state index contributed by atoms with van der Waals surface area (Å²) in [6.07, 6.45) is 0.806. The largest absolute Gasteiger partial charge is 0.504 e. The molecule has 0 unspecified atom stereocenters. The number of ether oxygens (including phenoxy) is 1. The van der Waals surface area contributed by atoms with E-state index in [4.69, 9.17) is 10.1 Å². The minimum absolute atomic E-state index is 0.0488. The topological polar surface area (TPSA) is 86.5 Å². The molecule has 0 radical (unpaired) electrons. The molecule has 2 aromatic rings. The minimum atomic E-state index is -0.295. The number of fused-ring (bicyclic) bond motifs is 1. The molecule has 28 heavy (non-hydrogen) atoms. The van der Waals surface area contributed by atoms with Crippen LogP contribution in [0.2, 0.25) is 0 Å². The summed E-state index contributed by atoms with van der Waals surface area (Å²) in [5.74, 6) is 0.457. The summed E-state index contributed by atoms with van der Waals surface area (Å²) in [5.41, 5.74) is 3.44. The fourth-order valence-electron chi connectivity index (χ4n) is 3.44. The number of carbonyl (C=O) groups is 1. The Morgan fingerprint density at radius 2 is 2.04 bits per heavy atom. The number of nitrogens with one attached hydrogen (secondary N) is 1. The number of hydrogen-bond acceptors (Lipinski definition) is 5. The molecule has 1 aliphatic rings. The summed E-state index contributed by atoms with van der Waals surface area (Å²) >= 11 is 0. The van der Waals surface area contributed by atoms with Crippen LogP contribution in [0.5, 0.6) is 11.5 Å². The van der Waals surface area contributed by atoms with E-state index in [-0.39, 0.29) is 29.3 Å². The lowest BCUT2D eigenvalue weighted by atomic mass is 9.84. The normalized spacial score (nSPS) is 13.6. The average Bonchev–Trinajstić information content (AvgIpc) is 2.95. The highest BCUT2D eigenvalue weighted by Gasteiger charge is 2.29. The number of Topliss-reactive ketones (excluding diaryl/α,β-unsaturated/α-hetero) is 1. The third-order valence-corrected chi connectivity index (χ3v) is 5.04. The van der Waals surface area contributed by atoms with Crippen LogP contribution in [0, 0.1) is 5.41 Å². The summed E-state index contributed by atoms with van der Waals surface area (Å²) in [7, 11) is 1.51. The fourth-order valence-corrected chi connectivity index (χ4v) is 3.44. The van der Waals surface area contributed by atoms with Gasteiger partial charge in [-0.15, -0.1) is 0 Å². The molecule has 1 aromatic heterocycles. The predicted octanol–water partition coefficient (Wildman–Crippen LogP) is 3.68. The van der Waals surface area contributed by atoms with Gasteiger partial charge in [0, 0.05) is 28.9 Å². The number of ketones is 1. The summed E-state index contributed by atoms with van der Waals surface area (Å²) in [6.45, 7) is 8.59. The molecule has 148 valence electrons. The van der Waals surface area contributed by atoms with Crippen LogP contribution in [0.1, 0.15) is 60.6 Å². The van der Waals surface area contributed by atoms with Crippen molar-refractivity contribution < 1.29 is 14.6 Å². The van der Waals surface area contributed by atoms with Gasteiger partial charge in [0.1, 0.15) is 11.5 Å². The van der Waals surface area contributed by atoms with Gasteiger partial charge in [0.25, 0.3) is 0 Å². The zero-order valence-corrected chi connectivity index (χ0v) is 17.1. The van der Waals surface area contributed by atoms with Gasteiger partial charge in [-0.3, -0.25) is 10.2 Å². The quantitative estimate of drug-likeness (QED) is 0.772. The Labute approximate surface area is 165 Å². The van der Waals surface area contributed by atoms with Gasteiger partial charge in [-0.05, 0) is 30.0 Å². The molecule has 0 atom stereocenters. The van der Waals surface area contributed by atoms with Crippen LogP contribution >= 0.6 is 0 Å². The van der Waals surface area contributed by atoms with E-state index in [1.54, 1.807) is 11.0 Å². The Bertz CT molecular complexity index is 945. The van der Waals surface area contributed by atoms with Crippen molar-refractivity contribution >= 4 is 11.6 Å². The van der Waals surface area contributed by atoms with Gasteiger partial charge in [0.05, 0.1) is 13.7 Å². The number of pyridine rings is 1. The first-order valence-corrected chi connectivity index (χ1v) is 9.43. The molecule has 2 heterocycles. The van der Waals surface area contributed by atoms with Crippen LogP contribution in [0.15, 0.2) is 24.3 Å². The number of nitrogens with zero attached hydrogens (tertiary/aromatic N) is 2. The third kappa shape index (κ3) is 3.59. The number of phenolic OH excluding ortho intramolecular Hbond substituents is 1. The van der Waals surface area contributed by atoms with Crippen molar-refractivity contribution in [1.82, 2.24) is 9.88 Å². The molecule has 2 N–H and O–H groups in total. The van der Waals surface area contributed by atoms with Crippen molar-refractivity contribution in [1.29, 1.82) is 5.41 Å². The van der Waals surface area contributed by atoms with Gasteiger partial charge >= 0.3 is 0 Å². The van der Waals surface area contributed by atoms with Crippen molar-refractivity contribution in [3.63, 3.8) is 0 Å². The van der Waals surface area contributed by atoms with E-state index in [1.807, 2.05) is 39.8 Å². The Balaban J connectivity index is 1.86. The summed E-state index contributed by atoms with van der Waals surface area (Å²) < 4.78 is 5.34. The molecule has 0 fully saturated rings. The Morgan fingerprint density at radius 3 is 2.64 bits per heavy atom. The van der Waals surface area contributed by atoms with E-state index in [1.165, 1.54) is 13.2 Å². The molecule has 0 saturated heterocycles. The molecule has 6 heteroatoms. The smallest absolute Gasteiger partial charge is 0.182 e. The van der Waals surface area contributed by atoms with Gasteiger partial charge in [-0.1, -0.05) is 33.8 Å². The Hall–Kier alpha value is -2.89. The molecule has 6 nitrogen and oxygen atoms in total. The highest BCUT2D eigenvalue weighted by atomic mass is 16.5.